The molecule has 110 valence electrons. The van der Waals surface area contributed by atoms with E-state index < -0.39 is 11.9 Å². The van der Waals surface area contributed by atoms with Gasteiger partial charge < -0.3 is 19.8 Å². The molecule has 0 amide bonds. The normalized spacial score (nSPS) is 9.50. The molecule has 0 saturated carbocycles. The second-order valence-electron chi connectivity index (χ2n) is 4.93. The Morgan fingerprint density at radius 1 is 0.909 bits per heavy atom. The molecule has 1 rings (SSSR count). The van der Waals surface area contributed by atoms with Crippen molar-refractivity contribution in [2.75, 3.05) is 0 Å². The first-order valence-corrected chi connectivity index (χ1v) is 7.12. The summed E-state index contributed by atoms with van der Waals surface area (Å²) in [5.41, 5.74) is -0.0169. The molecule has 4 nitrogen and oxygen atoms in total. The van der Waals surface area contributed by atoms with Crippen molar-refractivity contribution in [1.29, 1.82) is 0 Å². The minimum Gasteiger partial charge on any atom is -0.545 e. The standard InChI is InChI=1S/C16H22O4.2Na/c1-2-3-4-5-6-7-9-12-10-8-11-13(15(17)18)14(12)16(19)20;;/h8,10-11H,2-7,9H2,1H3,(H,17,18)(H,19,20);;/q;2*+1/p-2. The van der Waals surface area contributed by atoms with E-state index in [1.165, 1.54) is 25.3 Å². The fraction of sp³-hybridized carbons (Fsp3) is 0.500. The van der Waals surface area contributed by atoms with Crippen molar-refractivity contribution in [3.63, 3.8) is 0 Å². The van der Waals surface area contributed by atoms with Gasteiger partial charge in [0.2, 0.25) is 0 Å². The summed E-state index contributed by atoms with van der Waals surface area (Å²) in [6.45, 7) is 2.15. The third kappa shape index (κ3) is 8.14. The topological polar surface area (TPSA) is 80.3 Å². The zero-order valence-corrected chi connectivity index (χ0v) is 17.8. The van der Waals surface area contributed by atoms with E-state index in [1.807, 2.05) is 0 Å². The maximum Gasteiger partial charge on any atom is 1.00 e. The van der Waals surface area contributed by atoms with Gasteiger partial charge in [-0.05, 0) is 18.4 Å². The predicted octanol–water partition coefficient (Wildman–Crippen LogP) is -4.68. The van der Waals surface area contributed by atoms with Crippen molar-refractivity contribution < 1.29 is 78.9 Å². The smallest absolute Gasteiger partial charge is 0.545 e. The fourth-order valence-corrected chi connectivity index (χ4v) is 2.32. The van der Waals surface area contributed by atoms with Gasteiger partial charge in [0, 0.05) is 11.1 Å². The van der Waals surface area contributed by atoms with Crippen LogP contribution in [0.1, 0.15) is 71.7 Å². The Bertz CT molecular complexity index is 475. The number of carbonyl (C=O) groups excluding carboxylic acids is 2. The van der Waals surface area contributed by atoms with E-state index >= 15 is 0 Å². The number of aromatic carboxylic acids is 2. The summed E-state index contributed by atoms with van der Waals surface area (Å²) in [5.74, 6) is -2.93. The van der Waals surface area contributed by atoms with E-state index in [2.05, 4.69) is 6.92 Å². The second kappa shape index (κ2) is 13.6. The Labute approximate surface area is 176 Å². The number of unbranched alkanes of at least 4 members (excludes halogenated alkanes) is 5. The Hall–Kier alpha value is 0.160. The fourth-order valence-electron chi connectivity index (χ4n) is 2.32. The average molecular weight is 322 g/mol. The second-order valence-corrected chi connectivity index (χ2v) is 4.93. The maximum atomic E-state index is 11.1. The number of carbonyl (C=O) groups is 2. The summed E-state index contributed by atoms with van der Waals surface area (Å²) in [6.07, 6.45) is 7.11. The number of benzene rings is 1. The van der Waals surface area contributed by atoms with Crippen molar-refractivity contribution in [2.24, 2.45) is 0 Å². The van der Waals surface area contributed by atoms with E-state index in [4.69, 9.17) is 0 Å². The van der Waals surface area contributed by atoms with Crippen molar-refractivity contribution in [3.8, 4) is 0 Å². The number of hydrogen-bond donors (Lipinski definition) is 0. The van der Waals surface area contributed by atoms with Crippen LogP contribution in [-0.4, -0.2) is 11.9 Å². The van der Waals surface area contributed by atoms with Crippen LogP contribution in [0.25, 0.3) is 0 Å². The van der Waals surface area contributed by atoms with Gasteiger partial charge in [-0.1, -0.05) is 57.2 Å². The number of hydrogen-bond acceptors (Lipinski definition) is 4. The van der Waals surface area contributed by atoms with E-state index in [9.17, 15) is 19.8 Å². The van der Waals surface area contributed by atoms with Gasteiger partial charge in [-0.2, -0.15) is 0 Å². The molecule has 0 unspecified atom stereocenters. The van der Waals surface area contributed by atoms with Crippen LogP contribution in [0.4, 0.5) is 0 Å². The largest absolute Gasteiger partial charge is 1.00 e. The van der Waals surface area contributed by atoms with Gasteiger partial charge in [-0.3, -0.25) is 0 Å². The van der Waals surface area contributed by atoms with Gasteiger partial charge in [0.25, 0.3) is 0 Å². The molecule has 6 heteroatoms. The minimum atomic E-state index is -1.48. The van der Waals surface area contributed by atoms with Crippen LogP contribution in [0, 0.1) is 0 Å². The summed E-state index contributed by atoms with van der Waals surface area (Å²) in [4.78, 5) is 22.0. The summed E-state index contributed by atoms with van der Waals surface area (Å²) in [6, 6.07) is 4.43. The molecule has 0 bridgehead atoms. The van der Waals surface area contributed by atoms with Gasteiger partial charge in [-0.25, -0.2) is 0 Å². The summed E-state index contributed by atoms with van der Waals surface area (Å²) < 4.78 is 0. The molecule has 0 aliphatic carbocycles. The van der Waals surface area contributed by atoms with Crippen LogP contribution < -0.4 is 69.3 Å². The number of carboxylic acid groups (broad SMARTS) is 2. The Balaban J connectivity index is 0. The van der Waals surface area contributed by atoms with Crippen molar-refractivity contribution in [2.45, 2.75) is 51.9 Å². The van der Waals surface area contributed by atoms with Crippen LogP contribution in [0.15, 0.2) is 18.2 Å². The van der Waals surface area contributed by atoms with E-state index in [0.29, 0.717) is 12.0 Å². The van der Waals surface area contributed by atoms with Crippen LogP contribution in [0.3, 0.4) is 0 Å². The Morgan fingerprint density at radius 2 is 1.50 bits per heavy atom. The molecule has 1 aromatic carbocycles. The minimum absolute atomic E-state index is 0. The van der Waals surface area contributed by atoms with Gasteiger partial charge in [0.15, 0.2) is 0 Å². The maximum absolute atomic E-state index is 11.1. The molecule has 0 N–H and O–H groups in total. The molecule has 0 spiro atoms. The zero-order chi connectivity index (χ0) is 15.0. The number of aryl methyl sites for hydroxylation is 1. The molecule has 0 aromatic heterocycles. The van der Waals surface area contributed by atoms with Crippen LogP contribution in [0.5, 0.6) is 0 Å². The molecule has 0 radical (unpaired) electrons. The monoisotopic (exact) mass is 322 g/mol. The molecule has 0 fully saturated rings. The SMILES string of the molecule is CCCCCCCCc1cccc(C(=O)[O-])c1C(=O)[O-].[Na+].[Na+]. The average Bonchev–Trinajstić information content (AvgIpc) is 2.42. The van der Waals surface area contributed by atoms with E-state index in [0.717, 1.165) is 19.3 Å². The molecule has 0 heterocycles. The van der Waals surface area contributed by atoms with Gasteiger partial charge in [0.05, 0.1) is 11.9 Å². The summed E-state index contributed by atoms with van der Waals surface area (Å²) in [5, 5.41) is 22.0. The summed E-state index contributed by atoms with van der Waals surface area (Å²) in [7, 11) is 0. The molecular formula is C16H20Na2O4. The third-order valence-corrected chi connectivity index (χ3v) is 3.37. The van der Waals surface area contributed by atoms with E-state index in [-0.39, 0.29) is 70.2 Å². The third-order valence-electron chi connectivity index (χ3n) is 3.37. The van der Waals surface area contributed by atoms with Gasteiger partial charge >= 0.3 is 59.1 Å². The number of carboxylic acids is 2. The first-order valence-electron chi connectivity index (χ1n) is 7.12. The van der Waals surface area contributed by atoms with Crippen molar-refractivity contribution >= 4 is 11.9 Å². The quantitative estimate of drug-likeness (QED) is 0.338. The number of rotatable bonds is 9. The van der Waals surface area contributed by atoms with Crippen molar-refractivity contribution in [3.05, 3.63) is 34.9 Å². The molecule has 0 aliphatic heterocycles. The van der Waals surface area contributed by atoms with E-state index in [1.54, 1.807) is 12.1 Å². The molecule has 0 saturated heterocycles. The first kappa shape index (κ1) is 24.4. The van der Waals surface area contributed by atoms with Crippen molar-refractivity contribution in [1.82, 2.24) is 0 Å². The molecule has 22 heavy (non-hydrogen) atoms. The van der Waals surface area contributed by atoms with Gasteiger partial charge in [-0.15, -0.1) is 0 Å². The summed E-state index contributed by atoms with van der Waals surface area (Å²) >= 11 is 0. The molecule has 0 aliphatic rings. The van der Waals surface area contributed by atoms with Crippen LogP contribution in [0.2, 0.25) is 0 Å². The first-order chi connectivity index (χ1) is 9.57. The Morgan fingerprint density at radius 3 is 2.05 bits per heavy atom. The van der Waals surface area contributed by atoms with Crippen LogP contribution in [-0.2, 0) is 6.42 Å². The zero-order valence-electron chi connectivity index (χ0n) is 13.8. The predicted molar refractivity (Wildman–Crippen MR) is 72.2 cm³/mol. The molecule has 1 aromatic rings. The molecular weight excluding hydrogens is 302 g/mol. The Kier molecular flexibility index (Phi) is 15.1. The van der Waals surface area contributed by atoms with Gasteiger partial charge in [0.1, 0.15) is 0 Å². The van der Waals surface area contributed by atoms with Crippen LogP contribution >= 0.6 is 0 Å². The molecule has 0 atom stereocenters.